The number of nitrogens with one attached hydrogen (secondary N) is 1. The van der Waals surface area contributed by atoms with Gasteiger partial charge in [0.1, 0.15) is 11.6 Å². The van der Waals surface area contributed by atoms with Gasteiger partial charge in [0, 0.05) is 12.0 Å². The molecule has 5 heteroatoms. The zero-order valence-corrected chi connectivity index (χ0v) is 12.1. The third kappa shape index (κ3) is 4.05. The first-order valence-electron chi connectivity index (χ1n) is 6.90. The van der Waals surface area contributed by atoms with Gasteiger partial charge >= 0.3 is 0 Å². The van der Waals surface area contributed by atoms with Crippen LogP contribution in [-0.4, -0.2) is 16.5 Å². The Morgan fingerprint density at radius 1 is 1.20 bits per heavy atom. The lowest BCUT2D eigenvalue weighted by Gasteiger charge is -2.00. The first-order valence-corrected chi connectivity index (χ1v) is 7.28. The van der Waals surface area contributed by atoms with E-state index in [-0.39, 0.29) is 5.02 Å². The zero-order valence-electron chi connectivity index (χ0n) is 11.3. The Labute approximate surface area is 123 Å². The maximum Gasteiger partial charge on any atom is 0.141 e. The molecule has 108 valence electrons. The summed E-state index contributed by atoms with van der Waals surface area (Å²) in [7, 11) is 0. The summed E-state index contributed by atoms with van der Waals surface area (Å²) in [6.07, 6.45) is 7.18. The molecule has 0 aliphatic carbocycles. The number of nitrogens with two attached hydrogens (primary N) is 1. The summed E-state index contributed by atoms with van der Waals surface area (Å²) in [5.41, 5.74) is 7.17. The number of imidazole rings is 1. The van der Waals surface area contributed by atoms with Crippen molar-refractivity contribution in [1.82, 2.24) is 9.97 Å². The van der Waals surface area contributed by atoms with Crippen LogP contribution in [0.4, 0.5) is 4.39 Å². The van der Waals surface area contributed by atoms with Crippen molar-refractivity contribution in [1.29, 1.82) is 0 Å². The predicted octanol–water partition coefficient (Wildman–Crippen LogP) is 3.93. The van der Waals surface area contributed by atoms with Crippen LogP contribution >= 0.6 is 11.6 Å². The first-order chi connectivity index (χ1) is 9.70. The van der Waals surface area contributed by atoms with Crippen LogP contribution in [0, 0.1) is 5.82 Å². The summed E-state index contributed by atoms with van der Waals surface area (Å²) in [4.78, 5) is 7.60. The Morgan fingerprint density at radius 2 is 2.00 bits per heavy atom. The fourth-order valence-electron chi connectivity index (χ4n) is 2.09. The third-order valence-corrected chi connectivity index (χ3v) is 3.52. The molecule has 1 aromatic carbocycles. The highest BCUT2D eigenvalue weighted by Crippen LogP contribution is 2.23. The molecule has 0 saturated carbocycles. The number of aromatic nitrogens is 2. The van der Waals surface area contributed by atoms with E-state index in [0.29, 0.717) is 0 Å². The Morgan fingerprint density at radius 3 is 2.75 bits per heavy atom. The molecule has 0 saturated heterocycles. The van der Waals surface area contributed by atoms with Gasteiger partial charge in [0.05, 0.1) is 16.9 Å². The molecule has 2 rings (SSSR count). The Kier molecular flexibility index (Phi) is 5.56. The summed E-state index contributed by atoms with van der Waals surface area (Å²) in [6, 6.07) is 4.67. The maximum atomic E-state index is 13.1. The molecule has 0 fully saturated rings. The standard InChI is InChI=1S/C15H19ClFN3/c16-12-9-11(6-7-13(12)17)14-10-19-15(20-14)5-3-1-2-4-8-18/h6-7,9-10H,1-5,8,18H2,(H,19,20). The highest BCUT2D eigenvalue weighted by Gasteiger charge is 2.06. The molecular formula is C15H19ClFN3. The number of benzene rings is 1. The number of unbranched alkanes of at least 4 members (excludes halogenated alkanes) is 3. The molecule has 1 aromatic heterocycles. The van der Waals surface area contributed by atoms with Gasteiger partial charge in [-0.3, -0.25) is 0 Å². The van der Waals surface area contributed by atoms with Gasteiger partial charge in [0.2, 0.25) is 0 Å². The van der Waals surface area contributed by atoms with E-state index in [1.807, 2.05) is 0 Å². The monoisotopic (exact) mass is 295 g/mol. The predicted molar refractivity (Wildman–Crippen MR) is 80.2 cm³/mol. The number of aryl methyl sites for hydroxylation is 1. The Hall–Kier alpha value is -1.39. The molecule has 0 unspecified atom stereocenters. The van der Waals surface area contributed by atoms with Crippen molar-refractivity contribution < 1.29 is 4.39 Å². The highest BCUT2D eigenvalue weighted by molar-refractivity contribution is 6.31. The number of rotatable bonds is 7. The molecule has 2 aromatic rings. The van der Waals surface area contributed by atoms with E-state index >= 15 is 0 Å². The van der Waals surface area contributed by atoms with Crippen LogP contribution in [0.2, 0.25) is 5.02 Å². The van der Waals surface area contributed by atoms with E-state index in [1.165, 1.54) is 6.07 Å². The maximum absolute atomic E-state index is 13.1. The smallest absolute Gasteiger partial charge is 0.141 e. The number of H-pyrrole nitrogens is 1. The number of nitrogens with zero attached hydrogens (tertiary/aromatic N) is 1. The minimum atomic E-state index is -0.407. The number of halogens is 2. The average molecular weight is 296 g/mol. The SMILES string of the molecule is NCCCCCCc1ncc(-c2ccc(F)c(Cl)c2)[nH]1. The van der Waals surface area contributed by atoms with E-state index < -0.39 is 5.82 Å². The molecule has 1 heterocycles. The van der Waals surface area contributed by atoms with Crippen molar-refractivity contribution in [3.63, 3.8) is 0 Å². The molecule has 20 heavy (non-hydrogen) atoms. The summed E-state index contributed by atoms with van der Waals surface area (Å²) in [5.74, 6) is 0.545. The van der Waals surface area contributed by atoms with Crippen molar-refractivity contribution >= 4 is 11.6 Å². The van der Waals surface area contributed by atoms with Crippen LogP contribution in [0.15, 0.2) is 24.4 Å². The molecule has 0 atom stereocenters. The normalized spacial score (nSPS) is 10.9. The second-order valence-electron chi connectivity index (χ2n) is 4.83. The van der Waals surface area contributed by atoms with Gasteiger partial charge in [-0.05, 0) is 37.6 Å². The second kappa shape index (κ2) is 7.41. The summed E-state index contributed by atoms with van der Waals surface area (Å²) < 4.78 is 13.1. The van der Waals surface area contributed by atoms with Gasteiger partial charge < -0.3 is 10.7 Å². The lowest BCUT2D eigenvalue weighted by molar-refractivity contribution is 0.628. The number of hydrogen-bond donors (Lipinski definition) is 2. The second-order valence-corrected chi connectivity index (χ2v) is 5.23. The van der Waals surface area contributed by atoms with Gasteiger partial charge in [0.25, 0.3) is 0 Å². The van der Waals surface area contributed by atoms with Crippen LogP contribution in [0.3, 0.4) is 0 Å². The Bertz CT molecular complexity index is 554. The lowest BCUT2D eigenvalue weighted by Crippen LogP contribution is -1.98. The number of aromatic amines is 1. The molecule has 3 N–H and O–H groups in total. The highest BCUT2D eigenvalue weighted by atomic mass is 35.5. The molecule has 0 radical (unpaired) electrons. The molecule has 0 aliphatic rings. The van der Waals surface area contributed by atoms with E-state index in [2.05, 4.69) is 9.97 Å². The van der Waals surface area contributed by atoms with E-state index in [1.54, 1.807) is 18.3 Å². The minimum absolute atomic E-state index is 0.125. The fourth-order valence-corrected chi connectivity index (χ4v) is 2.27. The van der Waals surface area contributed by atoms with Gasteiger partial charge in [-0.1, -0.05) is 24.4 Å². The van der Waals surface area contributed by atoms with Crippen molar-refractivity contribution in [2.45, 2.75) is 32.1 Å². The van der Waals surface area contributed by atoms with Crippen molar-refractivity contribution in [3.05, 3.63) is 41.1 Å². The van der Waals surface area contributed by atoms with Crippen LogP contribution in [-0.2, 0) is 6.42 Å². The molecule has 3 nitrogen and oxygen atoms in total. The van der Waals surface area contributed by atoms with Crippen molar-refractivity contribution in [2.24, 2.45) is 5.73 Å². The van der Waals surface area contributed by atoms with Crippen molar-refractivity contribution in [3.8, 4) is 11.3 Å². The van der Waals surface area contributed by atoms with Crippen LogP contribution in [0.5, 0.6) is 0 Å². The van der Waals surface area contributed by atoms with Crippen molar-refractivity contribution in [2.75, 3.05) is 6.54 Å². The zero-order chi connectivity index (χ0) is 14.4. The molecule has 0 spiro atoms. The lowest BCUT2D eigenvalue weighted by atomic mass is 10.1. The molecular weight excluding hydrogens is 277 g/mol. The minimum Gasteiger partial charge on any atom is -0.342 e. The van der Waals surface area contributed by atoms with Crippen LogP contribution in [0.25, 0.3) is 11.3 Å². The van der Waals surface area contributed by atoms with Gasteiger partial charge in [-0.2, -0.15) is 0 Å². The summed E-state index contributed by atoms with van der Waals surface area (Å²) in [5, 5.41) is 0.125. The van der Waals surface area contributed by atoms with Gasteiger partial charge in [-0.15, -0.1) is 0 Å². The summed E-state index contributed by atoms with van der Waals surface area (Å²) >= 11 is 5.78. The van der Waals surface area contributed by atoms with Crippen LogP contribution < -0.4 is 5.73 Å². The van der Waals surface area contributed by atoms with E-state index in [4.69, 9.17) is 17.3 Å². The first kappa shape index (κ1) is 15.0. The quantitative estimate of drug-likeness (QED) is 0.760. The van der Waals surface area contributed by atoms with E-state index in [9.17, 15) is 4.39 Å². The Balaban J connectivity index is 1.93. The fraction of sp³-hybridized carbons (Fsp3) is 0.400. The topological polar surface area (TPSA) is 54.7 Å². The molecule has 0 amide bonds. The van der Waals surface area contributed by atoms with E-state index in [0.717, 1.165) is 55.7 Å². The molecule has 0 bridgehead atoms. The average Bonchev–Trinajstić information content (AvgIpc) is 2.90. The van der Waals surface area contributed by atoms with Gasteiger partial charge in [-0.25, -0.2) is 9.37 Å². The number of hydrogen-bond acceptors (Lipinski definition) is 2. The summed E-state index contributed by atoms with van der Waals surface area (Å²) in [6.45, 7) is 0.760. The third-order valence-electron chi connectivity index (χ3n) is 3.23. The van der Waals surface area contributed by atoms with Gasteiger partial charge in [0.15, 0.2) is 0 Å². The molecule has 0 aliphatic heterocycles. The largest absolute Gasteiger partial charge is 0.342 e. The van der Waals surface area contributed by atoms with Crippen LogP contribution in [0.1, 0.15) is 31.5 Å².